The summed E-state index contributed by atoms with van der Waals surface area (Å²) in [5, 5.41) is 1.35. The third kappa shape index (κ3) is 2.92. The molecule has 0 unspecified atom stereocenters. The Morgan fingerprint density at radius 2 is 1.80 bits per heavy atom. The Kier molecular flexibility index (Phi) is 4.24. The second-order valence-electron chi connectivity index (χ2n) is 7.36. The Labute approximate surface area is 150 Å². The van der Waals surface area contributed by atoms with Gasteiger partial charge in [-0.05, 0) is 57.2 Å². The maximum absolute atomic E-state index is 4.81. The molecule has 3 heterocycles. The predicted molar refractivity (Wildman–Crippen MR) is 106 cm³/mol. The number of anilines is 1. The van der Waals surface area contributed by atoms with E-state index in [4.69, 9.17) is 4.98 Å². The van der Waals surface area contributed by atoms with Gasteiger partial charge in [-0.25, -0.2) is 4.98 Å². The Hall–Kier alpha value is -2.29. The van der Waals surface area contributed by atoms with E-state index >= 15 is 0 Å². The fourth-order valence-corrected chi connectivity index (χ4v) is 4.10. The molecule has 0 radical (unpaired) electrons. The molecule has 0 saturated carbocycles. The first kappa shape index (κ1) is 16.2. The fraction of sp³-hybridized carbons (Fsp3) is 0.409. The number of hydrogen-bond acceptors (Lipinski definition) is 2. The summed E-state index contributed by atoms with van der Waals surface area (Å²) in [6.07, 6.45) is 5.87. The van der Waals surface area contributed by atoms with Crippen LogP contribution in [0.15, 0.2) is 36.5 Å². The van der Waals surface area contributed by atoms with Crippen LogP contribution in [0.5, 0.6) is 0 Å². The van der Waals surface area contributed by atoms with Crippen molar-refractivity contribution in [1.29, 1.82) is 0 Å². The van der Waals surface area contributed by atoms with Crippen LogP contribution in [0, 0.1) is 20.8 Å². The Balaban J connectivity index is 1.86. The summed E-state index contributed by atoms with van der Waals surface area (Å²) < 4.78 is 2.47. The number of aryl methyl sites for hydroxylation is 2. The molecule has 25 heavy (non-hydrogen) atoms. The second kappa shape index (κ2) is 6.55. The fourth-order valence-electron chi connectivity index (χ4n) is 4.10. The van der Waals surface area contributed by atoms with Gasteiger partial charge in [-0.15, -0.1) is 0 Å². The van der Waals surface area contributed by atoms with Crippen molar-refractivity contribution in [2.24, 2.45) is 0 Å². The van der Waals surface area contributed by atoms with Crippen LogP contribution in [0.3, 0.4) is 0 Å². The van der Waals surface area contributed by atoms with Crippen molar-refractivity contribution in [3.05, 3.63) is 58.9 Å². The first-order chi connectivity index (χ1) is 12.1. The molecule has 0 amide bonds. The van der Waals surface area contributed by atoms with E-state index in [0.29, 0.717) is 0 Å². The van der Waals surface area contributed by atoms with Gasteiger partial charge in [0.25, 0.3) is 0 Å². The van der Waals surface area contributed by atoms with Gasteiger partial charge in [0, 0.05) is 36.9 Å². The third-order valence-electron chi connectivity index (χ3n) is 5.61. The normalized spacial score (nSPS) is 15.1. The molecular weight excluding hydrogens is 306 g/mol. The van der Waals surface area contributed by atoms with Crippen LogP contribution < -0.4 is 4.90 Å². The van der Waals surface area contributed by atoms with Crippen LogP contribution in [0.2, 0.25) is 0 Å². The smallest absolute Gasteiger partial charge is 0.153 e. The minimum absolute atomic E-state index is 0.907. The van der Waals surface area contributed by atoms with E-state index in [-0.39, 0.29) is 0 Å². The van der Waals surface area contributed by atoms with Crippen LogP contribution in [0.1, 0.15) is 41.6 Å². The molecule has 4 rings (SSSR count). The van der Waals surface area contributed by atoms with Gasteiger partial charge in [0.15, 0.2) is 5.82 Å². The van der Waals surface area contributed by atoms with E-state index in [1.165, 1.54) is 58.4 Å². The van der Waals surface area contributed by atoms with E-state index in [9.17, 15) is 0 Å². The highest BCUT2D eigenvalue weighted by Crippen LogP contribution is 2.33. The summed E-state index contributed by atoms with van der Waals surface area (Å²) in [6, 6.07) is 11.0. The van der Waals surface area contributed by atoms with E-state index in [0.717, 1.165) is 19.6 Å². The first-order valence-corrected chi connectivity index (χ1v) is 9.40. The zero-order valence-electron chi connectivity index (χ0n) is 15.5. The van der Waals surface area contributed by atoms with Gasteiger partial charge < -0.3 is 9.47 Å². The molecule has 0 atom stereocenters. The van der Waals surface area contributed by atoms with Gasteiger partial charge in [-0.2, -0.15) is 0 Å². The summed E-state index contributed by atoms with van der Waals surface area (Å²) in [5.41, 5.74) is 6.71. The monoisotopic (exact) mass is 333 g/mol. The molecule has 3 aromatic rings. The number of fused-ring (bicyclic) bond motifs is 1. The largest absolute Gasteiger partial charge is 0.355 e. The average Bonchev–Trinajstić information content (AvgIpc) is 2.88. The van der Waals surface area contributed by atoms with Gasteiger partial charge in [-0.3, -0.25) is 0 Å². The Morgan fingerprint density at radius 1 is 1.00 bits per heavy atom. The standard InChI is InChI=1S/C22H27N3/c1-16-8-7-9-19(14-16)15-25-18(3)17(2)20-10-11-23-22(21(20)25)24-12-5-4-6-13-24/h7-11,14H,4-6,12-13,15H2,1-3H3. The zero-order valence-corrected chi connectivity index (χ0v) is 15.5. The van der Waals surface area contributed by atoms with Gasteiger partial charge in [0.05, 0.1) is 5.52 Å². The van der Waals surface area contributed by atoms with Crippen LogP contribution in [0.25, 0.3) is 10.9 Å². The number of rotatable bonds is 3. The zero-order chi connectivity index (χ0) is 17.4. The number of benzene rings is 1. The van der Waals surface area contributed by atoms with Gasteiger partial charge in [-0.1, -0.05) is 29.8 Å². The number of piperidine rings is 1. The van der Waals surface area contributed by atoms with E-state index in [1.54, 1.807) is 0 Å². The number of aromatic nitrogens is 2. The SMILES string of the molecule is Cc1cccc(Cn2c(C)c(C)c3ccnc(N4CCCCC4)c32)c1. The quantitative estimate of drug-likeness (QED) is 0.672. The average molecular weight is 333 g/mol. The van der Waals surface area contributed by atoms with Crippen molar-refractivity contribution in [2.75, 3.05) is 18.0 Å². The van der Waals surface area contributed by atoms with E-state index < -0.39 is 0 Å². The molecule has 0 N–H and O–H groups in total. The predicted octanol–water partition coefficient (Wildman–Crippen LogP) is 5.00. The van der Waals surface area contributed by atoms with Crippen molar-refractivity contribution in [1.82, 2.24) is 9.55 Å². The molecule has 0 aliphatic carbocycles. The van der Waals surface area contributed by atoms with E-state index in [1.807, 2.05) is 6.20 Å². The maximum Gasteiger partial charge on any atom is 0.153 e. The minimum atomic E-state index is 0.907. The number of pyridine rings is 1. The van der Waals surface area contributed by atoms with Crippen molar-refractivity contribution >= 4 is 16.7 Å². The first-order valence-electron chi connectivity index (χ1n) is 9.40. The topological polar surface area (TPSA) is 21.1 Å². The van der Waals surface area contributed by atoms with Gasteiger partial charge in [0.1, 0.15) is 0 Å². The molecule has 1 fully saturated rings. The third-order valence-corrected chi connectivity index (χ3v) is 5.61. The lowest BCUT2D eigenvalue weighted by Crippen LogP contribution is -2.30. The lowest BCUT2D eigenvalue weighted by Gasteiger charge is -2.28. The summed E-state index contributed by atoms with van der Waals surface area (Å²) in [4.78, 5) is 7.29. The Bertz CT molecular complexity index is 901. The molecule has 0 spiro atoms. The lowest BCUT2D eigenvalue weighted by molar-refractivity contribution is 0.574. The van der Waals surface area contributed by atoms with Crippen LogP contribution in [0.4, 0.5) is 5.82 Å². The lowest BCUT2D eigenvalue weighted by atomic mass is 10.1. The number of hydrogen-bond donors (Lipinski definition) is 0. The summed E-state index contributed by atoms with van der Waals surface area (Å²) >= 11 is 0. The molecular formula is C22H27N3. The minimum Gasteiger partial charge on any atom is -0.355 e. The Morgan fingerprint density at radius 3 is 2.56 bits per heavy atom. The van der Waals surface area contributed by atoms with Crippen LogP contribution >= 0.6 is 0 Å². The molecule has 1 aliphatic rings. The summed E-state index contributed by atoms with van der Waals surface area (Å²) in [5.74, 6) is 1.17. The molecule has 3 nitrogen and oxygen atoms in total. The molecule has 1 saturated heterocycles. The molecule has 1 aromatic carbocycles. The van der Waals surface area contributed by atoms with E-state index in [2.05, 4.69) is 60.6 Å². The molecule has 0 bridgehead atoms. The number of nitrogens with zero attached hydrogens (tertiary/aromatic N) is 3. The van der Waals surface area contributed by atoms with Crippen molar-refractivity contribution in [3.63, 3.8) is 0 Å². The highest BCUT2D eigenvalue weighted by atomic mass is 15.2. The van der Waals surface area contributed by atoms with Crippen LogP contribution in [-0.4, -0.2) is 22.6 Å². The molecule has 2 aromatic heterocycles. The van der Waals surface area contributed by atoms with Gasteiger partial charge in [0.2, 0.25) is 0 Å². The maximum atomic E-state index is 4.81. The highest BCUT2D eigenvalue weighted by Gasteiger charge is 2.20. The molecule has 1 aliphatic heterocycles. The molecule has 130 valence electrons. The summed E-state index contributed by atoms with van der Waals surface area (Å²) in [7, 11) is 0. The van der Waals surface area contributed by atoms with Crippen molar-refractivity contribution in [2.45, 2.75) is 46.6 Å². The highest BCUT2D eigenvalue weighted by molar-refractivity contribution is 5.93. The summed E-state index contributed by atoms with van der Waals surface area (Å²) in [6.45, 7) is 9.80. The van der Waals surface area contributed by atoms with Crippen molar-refractivity contribution in [3.8, 4) is 0 Å². The molecule has 3 heteroatoms. The second-order valence-corrected chi connectivity index (χ2v) is 7.36. The van der Waals surface area contributed by atoms with Crippen LogP contribution in [-0.2, 0) is 6.54 Å². The van der Waals surface area contributed by atoms with Gasteiger partial charge >= 0.3 is 0 Å². The van der Waals surface area contributed by atoms with Crippen molar-refractivity contribution < 1.29 is 0 Å².